The molecule has 1 saturated heterocycles. The van der Waals surface area contributed by atoms with Gasteiger partial charge in [0, 0.05) is 52.9 Å². The van der Waals surface area contributed by atoms with Crippen molar-refractivity contribution in [3.63, 3.8) is 0 Å². The van der Waals surface area contributed by atoms with Crippen LogP contribution in [0.3, 0.4) is 0 Å². The van der Waals surface area contributed by atoms with Gasteiger partial charge in [-0.15, -0.1) is 0 Å². The van der Waals surface area contributed by atoms with Gasteiger partial charge < -0.3 is 67.0 Å². The van der Waals surface area contributed by atoms with Crippen LogP contribution >= 0.6 is 8.53 Å². The molecule has 0 aliphatic carbocycles. The normalized spacial score (nSPS) is 17.3. The number of hydrogen-bond donors (Lipinski definition) is 2. The Labute approximate surface area is 501 Å². The van der Waals surface area contributed by atoms with E-state index >= 15 is 0 Å². The molecule has 0 saturated carbocycles. The number of nitrogens with one attached hydrogen (secondary N) is 2. The zero-order chi connectivity index (χ0) is 62.9. The molecule has 27 heteroatoms. The summed E-state index contributed by atoms with van der Waals surface area (Å²) in [6, 6.07) is 23.2. The van der Waals surface area contributed by atoms with Gasteiger partial charge in [-0.05, 0) is 75.1 Å². The highest BCUT2D eigenvalue weighted by molar-refractivity contribution is 7.44. The van der Waals surface area contributed by atoms with Crippen LogP contribution in [0.4, 0.5) is 0 Å². The lowest BCUT2D eigenvalue weighted by Crippen LogP contribution is -2.66. The van der Waals surface area contributed by atoms with Crippen LogP contribution in [0.2, 0.25) is 0 Å². The topological polar surface area (TPSA) is 289 Å². The molecule has 1 fully saturated rings. The van der Waals surface area contributed by atoms with Crippen LogP contribution in [0.15, 0.2) is 93.2 Å². The van der Waals surface area contributed by atoms with Gasteiger partial charge in [-0.2, -0.15) is 0 Å². The van der Waals surface area contributed by atoms with E-state index < -0.39 is 105 Å². The van der Waals surface area contributed by atoms with Crippen LogP contribution in [0.5, 0.6) is 11.5 Å². The van der Waals surface area contributed by atoms with E-state index in [1.165, 1.54) is 13.8 Å². The second-order valence-electron chi connectivity index (χ2n) is 20.2. The fourth-order valence-electron chi connectivity index (χ4n) is 9.54. The van der Waals surface area contributed by atoms with Gasteiger partial charge in [0.2, 0.25) is 11.8 Å². The van der Waals surface area contributed by atoms with Gasteiger partial charge >= 0.3 is 35.0 Å². The molecule has 1 aromatic heterocycles. The van der Waals surface area contributed by atoms with E-state index in [-0.39, 0.29) is 77.9 Å². The predicted octanol–water partition coefficient (Wildman–Crippen LogP) is 3.81. The predicted molar refractivity (Wildman–Crippen MR) is 313 cm³/mol. The molecule has 5 rings (SSSR count). The van der Waals surface area contributed by atoms with Crippen LogP contribution < -0.4 is 37.2 Å². The smallest absolute Gasteiger partial charge is 0.336 e. The molecule has 3 aromatic carbocycles. The Hall–Kier alpha value is -6.87. The Kier molecular flexibility index (Phi) is 28.5. The number of esters is 3. The number of rotatable bonds is 36. The number of carbonyl (C=O) groups excluding carboxylic acids is 5. The first-order valence-corrected chi connectivity index (χ1v) is 29.5. The highest BCUT2D eigenvalue weighted by Gasteiger charge is 2.51. The minimum absolute atomic E-state index is 0.00680. The molecule has 0 radical (unpaired) electrons. The van der Waals surface area contributed by atoms with Crippen molar-refractivity contribution in [2.75, 3.05) is 80.2 Å². The van der Waals surface area contributed by atoms with Crippen LogP contribution in [0, 0.1) is 0 Å². The van der Waals surface area contributed by atoms with Crippen molar-refractivity contribution < 1.29 is 80.4 Å². The van der Waals surface area contributed by atoms with E-state index in [2.05, 4.69) is 15.3 Å². The van der Waals surface area contributed by atoms with Crippen LogP contribution in [0.1, 0.15) is 85.4 Å². The Morgan fingerprint density at radius 1 is 0.628 bits per heavy atom. The van der Waals surface area contributed by atoms with E-state index in [1.807, 2.05) is 113 Å². The highest BCUT2D eigenvalue weighted by atomic mass is 31.2. The molecular weight excluding hydrogens is 1140 g/mol. The number of carbonyl (C=O) groups is 5. The van der Waals surface area contributed by atoms with Crippen molar-refractivity contribution in [3.05, 3.63) is 127 Å². The molecule has 1 aliphatic heterocycles. The molecule has 0 spiro atoms. The van der Waals surface area contributed by atoms with E-state index in [4.69, 9.17) is 56.4 Å². The minimum atomic E-state index is -1.61. The molecule has 0 bridgehead atoms. The zero-order valence-electron chi connectivity index (χ0n) is 50.8. The lowest BCUT2D eigenvalue weighted by Gasteiger charge is -2.44. The maximum Gasteiger partial charge on any atom is 0.336 e. The fraction of sp³-hybridized carbons (Fsp3) is 0.559. The number of ether oxygens (including phenoxy) is 10. The van der Waals surface area contributed by atoms with E-state index in [9.17, 15) is 38.4 Å². The molecule has 2 amide bonds. The molecular formula is C59H83N6O20P. The zero-order valence-corrected chi connectivity index (χ0v) is 51.7. The minimum Gasteiger partial charge on any atom is -0.497 e. The second-order valence-corrected chi connectivity index (χ2v) is 21.7. The summed E-state index contributed by atoms with van der Waals surface area (Å²) in [5.41, 5.74) is -1.85. The first-order chi connectivity index (χ1) is 41.2. The van der Waals surface area contributed by atoms with Crippen LogP contribution in [0.25, 0.3) is 0 Å². The monoisotopic (exact) mass is 1230 g/mol. The molecule has 474 valence electrons. The summed E-state index contributed by atoms with van der Waals surface area (Å²) >= 11 is 0. The van der Waals surface area contributed by atoms with Gasteiger partial charge in [0.15, 0.2) is 18.5 Å². The fourth-order valence-corrected chi connectivity index (χ4v) is 11.2. The van der Waals surface area contributed by atoms with Gasteiger partial charge in [0.1, 0.15) is 42.5 Å². The lowest BCUT2D eigenvalue weighted by atomic mass is 9.80. The third-order valence-electron chi connectivity index (χ3n) is 13.2. The van der Waals surface area contributed by atoms with E-state index in [0.717, 1.165) is 39.5 Å². The SMILES string of the molecule is CCCOP(OCCn1c(=O)n(CCNC(=O)COCCOCCOC2OC(COC(C)=O)C(OC(C)=O)C(OC(C)=O)C2NC(C)=O)c(=O)n(CCOC(c2ccccc2)(c2ccc(OC)cc2)c2ccc(OC)cc2)c1=O)N(C(C)C)C(C)C. The van der Waals surface area contributed by atoms with Crippen LogP contribution in [-0.4, -0.2) is 171 Å². The molecule has 4 aromatic rings. The summed E-state index contributed by atoms with van der Waals surface area (Å²) in [6.07, 6.45) is -4.30. The lowest BCUT2D eigenvalue weighted by molar-refractivity contribution is -0.279. The van der Waals surface area contributed by atoms with Crippen molar-refractivity contribution in [3.8, 4) is 11.5 Å². The second kappa shape index (κ2) is 35.1. The van der Waals surface area contributed by atoms with Gasteiger partial charge in [0.25, 0.3) is 8.53 Å². The average molecular weight is 1230 g/mol. The Balaban J connectivity index is 1.29. The third-order valence-corrected chi connectivity index (χ3v) is 15.3. The van der Waals surface area contributed by atoms with E-state index in [0.29, 0.717) is 29.2 Å². The van der Waals surface area contributed by atoms with Gasteiger partial charge in [-0.3, -0.25) is 24.0 Å². The largest absolute Gasteiger partial charge is 0.497 e. The molecule has 86 heavy (non-hydrogen) atoms. The van der Waals surface area contributed by atoms with Crippen molar-refractivity contribution in [1.82, 2.24) is 29.0 Å². The number of hydrogen-bond acceptors (Lipinski definition) is 21. The molecule has 2 N–H and O–H groups in total. The summed E-state index contributed by atoms with van der Waals surface area (Å²) in [4.78, 5) is 105. The molecule has 6 unspecified atom stereocenters. The number of nitrogens with zero attached hydrogens (tertiary/aromatic N) is 4. The standard InChI is InChI=1S/C59H83N6O20P/c1-12-30-81-86(65(39(2)3)40(4)5)82-32-29-64-57(72)62(56(71)63(58(64)73)28-31-80-59(45-16-14-13-15-17-45,46-18-22-48(74-10)23-19-46)47-20-24-49(75-11)25-21-47)27-26-60-51(70)38-77-34-33-76-35-36-78-55-52(61-41(6)66)54(84-44(9)69)53(83-43(8)68)50(85-55)37-79-42(7)67/h13-25,39-40,50,52-55H,12,26-38H2,1-11H3,(H,60,70)(H,61,66). The van der Waals surface area contributed by atoms with Gasteiger partial charge in [-0.25, -0.2) is 32.8 Å². The van der Waals surface area contributed by atoms with Crippen LogP contribution in [-0.2, 0) is 96.2 Å². The maximum atomic E-state index is 14.5. The Morgan fingerprint density at radius 2 is 1.14 bits per heavy atom. The van der Waals surface area contributed by atoms with Crippen molar-refractivity contribution in [2.45, 2.75) is 137 Å². The number of amides is 2. The van der Waals surface area contributed by atoms with Gasteiger partial charge in [0.05, 0.1) is 73.6 Å². The summed E-state index contributed by atoms with van der Waals surface area (Å²) in [6.45, 7) is 12.7. The molecule has 1 aliphatic rings. The highest BCUT2D eigenvalue weighted by Crippen LogP contribution is 2.46. The first kappa shape index (κ1) is 69.9. The number of aromatic nitrogens is 3. The average Bonchev–Trinajstić information content (AvgIpc) is 0.946. The molecule has 26 nitrogen and oxygen atoms in total. The van der Waals surface area contributed by atoms with E-state index in [1.54, 1.807) is 14.2 Å². The number of benzene rings is 3. The van der Waals surface area contributed by atoms with Crippen molar-refractivity contribution in [2.24, 2.45) is 0 Å². The summed E-state index contributed by atoms with van der Waals surface area (Å²) in [7, 11) is 1.53. The van der Waals surface area contributed by atoms with Crippen molar-refractivity contribution >= 4 is 38.2 Å². The molecule has 2 heterocycles. The maximum absolute atomic E-state index is 14.5. The molecule has 6 atom stereocenters. The first-order valence-electron chi connectivity index (χ1n) is 28.4. The van der Waals surface area contributed by atoms with Crippen molar-refractivity contribution in [1.29, 1.82) is 0 Å². The quantitative estimate of drug-likeness (QED) is 0.0215. The Morgan fingerprint density at radius 3 is 1.66 bits per heavy atom. The number of methoxy groups -OCH3 is 2. The third kappa shape index (κ3) is 19.8. The summed E-state index contributed by atoms with van der Waals surface area (Å²) in [5, 5.41) is 5.28. The Bertz CT molecular complexity index is 2920. The summed E-state index contributed by atoms with van der Waals surface area (Å²) in [5.74, 6) is -2.05. The van der Waals surface area contributed by atoms with Gasteiger partial charge in [-0.1, -0.05) is 61.5 Å². The summed E-state index contributed by atoms with van der Waals surface area (Å²) < 4.78 is 74.3.